The van der Waals surface area contributed by atoms with Crippen molar-refractivity contribution < 1.29 is 4.92 Å². The summed E-state index contributed by atoms with van der Waals surface area (Å²) in [6.45, 7) is 7.16. The zero-order chi connectivity index (χ0) is 14.8. The Kier molecular flexibility index (Phi) is 3.70. The maximum atomic E-state index is 11.0. The van der Waals surface area contributed by atoms with Crippen molar-refractivity contribution in [3.63, 3.8) is 0 Å². The number of piperazine rings is 1. The SMILES string of the molecule is CCN1CCN(c2ccnc3ccc([N+](=O)[O-])cc23)CC1. The Balaban J connectivity index is 1.98. The molecule has 1 aromatic heterocycles. The van der Waals surface area contributed by atoms with Crippen LogP contribution < -0.4 is 4.90 Å². The number of anilines is 1. The lowest BCUT2D eigenvalue weighted by Gasteiger charge is -2.35. The van der Waals surface area contributed by atoms with Crippen LogP contribution in [0.4, 0.5) is 11.4 Å². The Bertz CT molecular complexity index is 666. The van der Waals surface area contributed by atoms with E-state index in [4.69, 9.17) is 0 Å². The molecule has 1 aliphatic rings. The van der Waals surface area contributed by atoms with Crippen molar-refractivity contribution in [1.82, 2.24) is 9.88 Å². The number of likely N-dealkylation sites (N-methyl/N-ethyl adjacent to an activating group) is 1. The average molecular weight is 286 g/mol. The molecular weight excluding hydrogens is 268 g/mol. The third-order valence-corrected chi connectivity index (χ3v) is 4.07. The van der Waals surface area contributed by atoms with E-state index in [0.717, 1.165) is 49.3 Å². The second-order valence-corrected chi connectivity index (χ2v) is 5.21. The van der Waals surface area contributed by atoms with Crippen LogP contribution in [0.3, 0.4) is 0 Å². The van der Waals surface area contributed by atoms with E-state index in [9.17, 15) is 10.1 Å². The van der Waals surface area contributed by atoms with Gasteiger partial charge in [0.15, 0.2) is 0 Å². The molecule has 0 aliphatic carbocycles. The van der Waals surface area contributed by atoms with Crippen LogP contribution in [0.15, 0.2) is 30.5 Å². The van der Waals surface area contributed by atoms with Crippen molar-refractivity contribution in [3.05, 3.63) is 40.6 Å². The third-order valence-electron chi connectivity index (χ3n) is 4.07. The molecular formula is C15H18N4O2. The molecule has 1 aromatic carbocycles. The second-order valence-electron chi connectivity index (χ2n) is 5.21. The van der Waals surface area contributed by atoms with Gasteiger partial charge in [-0.1, -0.05) is 6.92 Å². The van der Waals surface area contributed by atoms with Gasteiger partial charge in [0.05, 0.1) is 10.4 Å². The van der Waals surface area contributed by atoms with Crippen LogP contribution in [0.5, 0.6) is 0 Å². The summed E-state index contributed by atoms with van der Waals surface area (Å²) in [5.41, 5.74) is 1.96. The molecule has 1 aliphatic heterocycles. The van der Waals surface area contributed by atoms with Crippen molar-refractivity contribution in [3.8, 4) is 0 Å². The van der Waals surface area contributed by atoms with E-state index < -0.39 is 0 Å². The molecule has 6 heteroatoms. The van der Waals surface area contributed by atoms with Crippen molar-refractivity contribution >= 4 is 22.3 Å². The lowest BCUT2D eigenvalue weighted by atomic mass is 10.1. The number of nitrogens with zero attached hydrogens (tertiary/aromatic N) is 4. The van der Waals surface area contributed by atoms with Gasteiger partial charge in [0.25, 0.3) is 5.69 Å². The molecule has 1 fully saturated rings. The summed E-state index contributed by atoms with van der Waals surface area (Å²) >= 11 is 0. The molecule has 110 valence electrons. The first kappa shape index (κ1) is 13.8. The maximum absolute atomic E-state index is 11.0. The normalized spacial score (nSPS) is 16.3. The Hall–Kier alpha value is -2.21. The Morgan fingerprint density at radius 3 is 2.67 bits per heavy atom. The van der Waals surface area contributed by atoms with Gasteiger partial charge in [0.1, 0.15) is 0 Å². The molecule has 2 heterocycles. The summed E-state index contributed by atoms with van der Waals surface area (Å²) in [6.07, 6.45) is 1.77. The number of hydrogen-bond donors (Lipinski definition) is 0. The average Bonchev–Trinajstić information content (AvgIpc) is 2.54. The standard InChI is InChI=1S/C15H18N4O2/c1-2-17-7-9-18(10-8-17)15-5-6-16-14-4-3-12(19(20)21)11-13(14)15/h3-6,11H,2,7-10H2,1H3. The lowest BCUT2D eigenvalue weighted by Crippen LogP contribution is -2.46. The topological polar surface area (TPSA) is 62.5 Å². The highest BCUT2D eigenvalue weighted by atomic mass is 16.6. The Morgan fingerprint density at radius 1 is 1.24 bits per heavy atom. The van der Waals surface area contributed by atoms with E-state index in [1.165, 1.54) is 6.07 Å². The van der Waals surface area contributed by atoms with Crippen molar-refractivity contribution in [2.75, 3.05) is 37.6 Å². The molecule has 6 nitrogen and oxygen atoms in total. The van der Waals surface area contributed by atoms with Crippen LogP contribution >= 0.6 is 0 Å². The number of nitro benzene ring substituents is 1. The number of rotatable bonds is 3. The maximum Gasteiger partial charge on any atom is 0.270 e. The van der Waals surface area contributed by atoms with Gasteiger partial charge in [-0.3, -0.25) is 15.1 Å². The van der Waals surface area contributed by atoms with Gasteiger partial charge in [-0.25, -0.2) is 0 Å². The third kappa shape index (κ3) is 2.67. The molecule has 0 N–H and O–H groups in total. The minimum absolute atomic E-state index is 0.115. The van der Waals surface area contributed by atoms with Crippen molar-refractivity contribution in [2.24, 2.45) is 0 Å². The van der Waals surface area contributed by atoms with Gasteiger partial charge in [-0.05, 0) is 18.7 Å². The molecule has 0 atom stereocenters. The summed E-state index contributed by atoms with van der Waals surface area (Å²) in [4.78, 5) is 19.6. The highest BCUT2D eigenvalue weighted by Crippen LogP contribution is 2.29. The monoisotopic (exact) mass is 286 g/mol. The number of non-ortho nitro benzene ring substituents is 1. The highest BCUT2D eigenvalue weighted by molar-refractivity contribution is 5.93. The van der Waals surface area contributed by atoms with E-state index in [1.807, 2.05) is 6.07 Å². The molecule has 1 saturated heterocycles. The fourth-order valence-corrected chi connectivity index (χ4v) is 2.81. The predicted molar refractivity (Wildman–Crippen MR) is 82.7 cm³/mol. The minimum Gasteiger partial charge on any atom is -0.368 e. The number of fused-ring (bicyclic) bond motifs is 1. The van der Waals surface area contributed by atoms with Crippen LogP contribution in [0.25, 0.3) is 10.9 Å². The highest BCUT2D eigenvalue weighted by Gasteiger charge is 2.19. The quantitative estimate of drug-likeness (QED) is 0.640. The first-order chi connectivity index (χ1) is 10.2. The zero-order valence-corrected chi connectivity index (χ0v) is 12.0. The zero-order valence-electron chi connectivity index (χ0n) is 12.0. The largest absolute Gasteiger partial charge is 0.368 e. The smallest absolute Gasteiger partial charge is 0.270 e. The predicted octanol–water partition coefficient (Wildman–Crippen LogP) is 2.28. The fourth-order valence-electron chi connectivity index (χ4n) is 2.81. The van der Waals surface area contributed by atoms with Crippen LogP contribution in [0, 0.1) is 10.1 Å². The van der Waals surface area contributed by atoms with E-state index in [1.54, 1.807) is 18.3 Å². The van der Waals surface area contributed by atoms with E-state index in [0.29, 0.717) is 0 Å². The first-order valence-corrected chi connectivity index (χ1v) is 7.19. The van der Waals surface area contributed by atoms with Gasteiger partial charge in [-0.15, -0.1) is 0 Å². The summed E-state index contributed by atoms with van der Waals surface area (Å²) in [6, 6.07) is 6.81. The molecule has 21 heavy (non-hydrogen) atoms. The van der Waals surface area contributed by atoms with E-state index in [-0.39, 0.29) is 10.6 Å². The second kappa shape index (κ2) is 5.65. The van der Waals surface area contributed by atoms with E-state index >= 15 is 0 Å². The molecule has 3 rings (SSSR count). The van der Waals surface area contributed by atoms with Crippen molar-refractivity contribution in [1.29, 1.82) is 0 Å². The minimum atomic E-state index is -0.356. The van der Waals surface area contributed by atoms with Crippen LogP contribution in [0.2, 0.25) is 0 Å². The number of pyridine rings is 1. The first-order valence-electron chi connectivity index (χ1n) is 7.19. The van der Waals surface area contributed by atoms with E-state index in [2.05, 4.69) is 21.7 Å². The lowest BCUT2D eigenvalue weighted by molar-refractivity contribution is -0.384. The summed E-state index contributed by atoms with van der Waals surface area (Å²) in [5, 5.41) is 11.8. The van der Waals surface area contributed by atoms with Gasteiger partial charge in [0, 0.05) is 55.6 Å². The van der Waals surface area contributed by atoms with Crippen molar-refractivity contribution in [2.45, 2.75) is 6.92 Å². The molecule has 0 unspecified atom stereocenters. The fraction of sp³-hybridized carbons (Fsp3) is 0.400. The Morgan fingerprint density at radius 2 is 2.00 bits per heavy atom. The molecule has 0 spiro atoms. The molecule has 2 aromatic rings. The molecule has 0 radical (unpaired) electrons. The number of nitro groups is 1. The summed E-state index contributed by atoms with van der Waals surface area (Å²) in [5.74, 6) is 0. The number of benzene rings is 1. The van der Waals surface area contributed by atoms with Gasteiger partial charge < -0.3 is 9.80 Å². The Labute approximate surface area is 123 Å². The molecule has 0 bridgehead atoms. The number of aromatic nitrogens is 1. The summed E-state index contributed by atoms with van der Waals surface area (Å²) < 4.78 is 0. The molecule has 0 amide bonds. The van der Waals surface area contributed by atoms with Gasteiger partial charge in [0.2, 0.25) is 0 Å². The molecule has 0 saturated carbocycles. The van der Waals surface area contributed by atoms with Gasteiger partial charge in [-0.2, -0.15) is 0 Å². The van der Waals surface area contributed by atoms with Crippen LogP contribution in [-0.4, -0.2) is 47.5 Å². The summed E-state index contributed by atoms with van der Waals surface area (Å²) in [7, 11) is 0. The van der Waals surface area contributed by atoms with Crippen LogP contribution in [0.1, 0.15) is 6.92 Å². The van der Waals surface area contributed by atoms with Gasteiger partial charge >= 0.3 is 0 Å². The van der Waals surface area contributed by atoms with Crippen LogP contribution in [-0.2, 0) is 0 Å². The number of hydrogen-bond acceptors (Lipinski definition) is 5.